The topological polar surface area (TPSA) is 75.7 Å². The summed E-state index contributed by atoms with van der Waals surface area (Å²) in [6.45, 7) is 6.74. The van der Waals surface area contributed by atoms with Crippen molar-refractivity contribution in [2.24, 2.45) is 0 Å². The number of amides is 2. The van der Waals surface area contributed by atoms with E-state index in [0.717, 1.165) is 11.1 Å². The monoisotopic (exact) mass is 502 g/mol. The van der Waals surface area contributed by atoms with Gasteiger partial charge in [0.2, 0.25) is 5.91 Å². The number of carbonyl (C=O) groups excluding carboxylic acids is 3. The molecule has 0 bridgehead atoms. The lowest BCUT2D eigenvalue weighted by Crippen LogP contribution is -2.53. The maximum absolute atomic E-state index is 13.6. The Morgan fingerprint density at radius 1 is 1.12 bits per heavy atom. The minimum absolute atomic E-state index is 0.0169. The lowest BCUT2D eigenvalue weighted by molar-refractivity contribution is -0.138. The fourth-order valence-electron chi connectivity index (χ4n) is 4.51. The van der Waals surface area contributed by atoms with E-state index in [1.54, 1.807) is 35.2 Å². The zero-order valence-electron chi connectivity index (χ0n) is 19.4. The molecule has 0 saturated carbocycles. The van der Waals surface area contributed by atoms with Crippen LogP contribution in [0.15, 0.2) is 42.5 Å². The van der Waals surface area contributed by atoms with Gasteiger partial charge in [-0.2, -0.15) is 0 Å². The lowest BCUT2D eigenvalue weighted by atomic mass is 9.86. The average molecular weight is 503 g/mol. The first kappa shape index (κ1) is 24.7. The van der Waals surface area contributed by atoms with Crippen LogP contribution < -0.4 is 5.32 Å². The van der Waals surface area contributed by atoms with Crippen LogP contribution in [-0.4, -0.2) is 53.8 Å². The summed E-state index contributed by atoms with van der Waals surface area (Å²) in [6.07, 6.45) is 0.539. The van der Waals surface area contributed by atoms with Crippen molar-refractivity contribution in [3.63, 3.8) is 0 Å². The Labute approximate surface area is 209 Å². The van der Waals surface area contributed by atoms with Crippen molar-refractivity contribution < 1.29 is 19.1 Å². The SMILES string of the molecule is CC(C)(C)c1ccc(C(=O)NC(Cc2ccc(Cl)c(Cl)c2)C(=O)N2CCC3OCC(=O)C32)cc1. The van der Waals surface area contributed by atoms with Gasteiger partial charge in [0.15, 0.2) is 5.78 Å². The number of ketones is 1. The summed E-state index contributed by atoms with van der Waals surface area (Å²) in [6, 6.07) is 11.0. The summed E-state index contributed by atoms with van der Waals surface area (Å²) < 4.78 is 5.52. The van der Waals surface area contributed by atoms with Crippen LogP contribution in [-0.2, 0) is 26.2 Å². The summed E-state index contributed by atoms with van der Waals surface area (Å²) in [4.78, 5) is 40.6. The molecule has 4 rings (SSSR count). The van der Waals surface area contributed by atoms with Crippen LogP contribution in [0.4, 0.5) is 0 Å². The van der Waals surface area contributed by atoms with Crippen LogP contribution in [0.1, 0.15) is 48.7 Å². The number of nitrogens with one attached hydrogen (secondary N) is 1. The van der Waals surface area contributed by atoms with Gasteiger partial charge in [0.1, 0.15) is 18.7 Å². The summed E-state index contributed by atoms with van der Waals surface area (Å²) in [5.41, 5.74) is 2.28. The second kappa shape index (κ2) is 9.68. The minimum Gasteiger partial charge on any atom is -0.368 e. The minimum atomic E-state index is -0.876. The van der Waals surface area contributed by atoms with Crippen molar-refractivity contribution in [1.82, 2.24) is 10.2 Å². The van der Waals surface area contributed by atoms with Gasteiger partial charge in [-0.05, 0) is 47.2 Å². The summed E-state index contributed by atoms with van der Waals surface area (Å²) in [7, 11) is 0. The van der Waals surface area contributed by atoms with Crippen molar-refractivity contribution in [3.05, 3.63) is 69.2 Å². The van der Waals surface area contributed by atoms with Crippen molar-refractivity contribution in [3.8, 4) is 0 Å². The molecule has 8 heteroatoms. The van der Waals surface area contributed by atoms with E-state index in [4.69, 9.17) is 27.9 Å². The van der Waals surface area contributed by atoms with Crippen LogP contribution >= 0.6 is 23.2 Å². The Bertz CT molecular complexity index is 1110. The summed E-state index contributed by atoms with van der Waals surface area (Å²) in [5, 5.41) is 3.67. The number of benzene rings is 2. The van der Waals surface area contributed by atoms with E-state index in [9.17, 15) is 14.4 Å². The fraction of sp³-hybridized carbons (Fsp3) is 0.423. The number of hydrogen-bond acceptors (Lipinski definition) is 4. The highest BCUT2D eigenvalue weighted by Gasteiger charge is 2.48. The molecule has 2 aromatic rings. The number of hydrogen-bond donors (Lipinski definition) is 1. The molecule has 2 amide bonds. The molecule has 0 aliphatic carbocycles. The smallest absolute Gasteiger partial charge is 0.251 e. The molecule has 1 N–H and O–H groups in total. The van der Waals surface area contributed by atoms with Gasteiger partial charge in [0.25, 0.3) is 5.91 Å². The predicted octanol–water partition coefficient (Wildman–Crippen LogP) is 4.20. The fourth-order valence-corrected chi connectivity index (χ4v) is 4.83. The third-order valence-electron chi connectivity index (χ3n) is 6.44. The lowest BCUT2D eigenvalue weighted by Gasteiger charge is -2.28. The number of ether oxygens (including phenoxy) is 1. The Balaban J connectivity index is 1.58. The molecule has 0 aromatic heterocycles. The zero-order chi connectivity index (χ0) is 24.6. The molecule has 6 nitrogen and oxygen atoms in total. The molecule has 3 unspecified atom stereocenters. The van der Waals surface area contributed by atoms with E-state index in [0.29, 0.717) is 28.6 Å². The number of carbonyl (C=O) groups is 3. The van der Waals surface area contributed by atoms with E-state index in [1.165, 1.54) is 0 Å². The van der Waals surface area contributed by atoms with Crippen LogP contribution in [0.5, 0.6) is 0 Å². The van der Waals surface area contributed by atoms with Gasteiger partial charge in [-0.1, -0.05) is 62.2 Å². The van der Waals surface area contributed by atoms with E-state index < -0.39 is 12.1 Å². The summed E-state index contributed by atoms with van der Waals surface area (Å²) >= 11 is 12.2. The highest BCUT2D eigenvalue weighted by molar-refractivity contribution is 6.42. The standard InChI is InChI=1S/C26H28Cl2N2O4/c1-26(2,3)17-7-5-16(6-8-17)24(32)29-20(13-15-4-9-18(27)19(28)12-15)25(33)30-11-10-22-23(30)21(31)14-34-22/h4-9,12,20,22-23H,10-11,13-14H2,1-3H3,(H,29,32). The molecular formula is C26H28Cl2N2O4. The van der Waals surface area contributed by atoms with E-state index in [1.807, 2.05) is 12.1 Å². The van der Waals surface area contributed by atoms with Gasteiger partial charge in [0, 0.05) is 18.5 Å². The Morgan fingerprint density at radius 2 is 1.82 bits per heavy atom. The third-order valence-corrected chi connectivity index (χ3v) is 7.17. The first-order valence-electron chi connectivity index (χ1n) is 11.3. The molecule has 2 aliphatic heterocycles. The summed E-state index contributed by atoms with van der Waals surface area (Å²) in [5.74, 6) is -0.770. The second-order valence-corrected chi connectivity index (χ2v) is 10.7. The molecule has 2 heterocycles. The van der Waals surface area contributed by atoms with Gasteiger partial charge in [-0.25, -0.2) is 0 Å². The molecule has 2 fully saturated rings. The van der Waals surface area contributed by atoms with E-state index in [-0.39, 0.29) is 42.1 Å². The number of fused-ring (bicyclic) bond motifs is 1. The van der Waals surface area contributed by atoms with Gasteiger partial charge in [0.05, 0.1) is 16.1 Å². The first-order valence-corrected chi connectivity index (χ1v) is 12.1. The van der Waals surface area contributed by atoms with E-state index >= 15 is 0 Å². The Morgan fingerprint density at radius 3 is 2.47 bits per heavy atom. The predicted molar refractivity (Wildman–Crippen MR) is 131 cm³/mol. The van der Waals surface area contributed by atoms with E-state index in [2.05, 4.69) is 26.1 Å². The van der Waals surface area contributed by atoms with Crippen molar-refractivity contribution >= 4 is 40.8 Å². The molecular weight excluding hydrogens is 475 g/mol. The quantitative estimate of drug-likeness (QED) is 0.664. The Hall–Kier alpha value is -2.41. The highest BCUT2D eigenvalue weighted by atomic mass is 35.5. The van der Waals surface area contributed by atoms with Gasteiger partial charge >= 0.3 is 0 Å². The molecule has 34 heavy (non-hydrogen) atoms. The molecule has 2 aliphatic rings. The molecule has 0 spiro atoms. The molecule has 0 radical (unpaired) electrons. The first-order chi connectivity index (χ1) is 16.0. The molecule has 2 saturated heterocycles. The number of Topliss-reactive ketones (excluding diaryl/α,β-unsaturated/α-hetero) is 1. The largest absolute Gasteiger partial charge is 0.368 e. The van der Waals surface area contributed by atoms with Crippen molar-refractivity contribution in [2.75, 3.05) is 13.2 Å². The molecule has 180 valence electrons. The van der Waals surface area contributed by atoms with Gasteiger partial charge in [-0.15, -0.1) is 0 Å². The van der Waals surface area contributed by atoms with Crippen molar-refractivity contribution in [1.29, 1.82) is 0 Å². The molecule has 2 aromatic carbocycles. The number of nitrogens with zero attached hydrogens (tertiary/aromatic N) is 1. The number of likely N-dealkylation sites (tertiary alicyclic amines) is 1. The van der Waals surface area contributed by atoms with Gasteiger partial charge < -0.3 is 15.0 Å². The average Bonchev–Trinajstić information content (AvgIpc) is 3.38. The molecule has 3 atom stereocenters. The number of halogens is 2. The normalized spacial score (nSPS) is 20.9. The van der Waals surface area contributed by atoms with Crippen molar-refractivity contribution in [2.45, 2.75) is 57.2 Å². The maximum Gasteiger partial charge on any atom is 0.251 e. The third kappa shape index (κ3) is 5.14. The van der Waals surface area contributed by atoms with Gasteiger partial charge in [-0.3, -0.25) is 14.4 Å². The van der Waals surface area contributed by atoms with Crippen LogP contribution in [0.3, 0.4) is 0 Å². The van der Waals surface area contributed by atoms with Crippen LogP contribution in [0.2, 0.25) is 10.0 Å². The maximum atomic E-state index is 13.6. The highest BCUT2D eigenvalue weighted by Crippen LogP contribution is 2.29. The second-order valence-electron chi connectivity index (χ2n) is 9.89. The Kier molecular flexibility index (Phi) is 7.04. The zero-order valence-corrected chi connectivity index (χ0v) is 20.9. The van der Waals surface area contributed by atoms with Crippen LogP contribution in [0.25, 0.3) is 0 Å². The van der Waals surface area contributed by atoms with Crippen LogP contribution in [0, 0.1) is 0 Å². The number of rotatable bonds is 5.